The Balaban J connectivity index is 1.74. The van der Waals surface area contributed by atoms with E-state index in [4.69, 9.17) is 0 Å². The highest BCUT2D eigenvalue weighted by atomic mass is 32.2. The van der Waals surface area contributed by atoms with Gasteiger partial charge in [0.1, 0.15) is 18.2 Å². The van der Waals surface area contributed by atoms with E-state index in [-0.39, 0.29) is 22.1 Å². The zero-order chi connectivity index (χ0) is 24.9. The van der Waals surface area contributed by atoms with Crippen LogP contribution in [0.5, 0.6) is 0 Å². The number of carbonyl (C=O) groups is 1. The molecule has 0 atom stereocenters. The summed E-state index contributed by atoms with van der Waals surface area (Å²) in [6, 6.07) is 14.8. The SMILES string of the molecule is CN(C)S(=O)(=O)N(CC(=O)Nc1ccc(S(=O)(=O)Nc2ccccn2)cc1)c1ccc(F)cc1. The number of rotatable bonds is 9. The molecule has 0 saturated carbocycles. The highest BCUT2D eigenvalue weighted by Crippen LogP contribution is 2.21. The summed E-state index contributed by atoms with van der Waals surface area (Å²) in [6.45, 7) is -0.590. The molecule has 2 aromatic carbocycles. The Morgan fingerprint density at radius 1 is 0.941 bits per heavy atom. The van der Waals surface area contributed by atoms with Crippen LogP contribution in [-0.2, 0) is 25.0 Å². The Bertz CT molecular complexity index is 1350. The molecule has 13 heteroatoms. The maximum atomic E-state index is 13.3. The third-order valence-corrected chi connectivity index (χ3v) is 7.68. The van der Waals surface area contributed by atoms with Gasteiger partial charge in [0, 0.05) is 26.0 Å². The Hall–Kier alpha value is -3.55. The number of aromatic nitrogens is 1. The minimum atomic E-state index is -4.06. The molecule has 0 aliphatic heterocycles. The van der Waals surface area contributed by atoms with Crippen molar-refractivity contribution in [2.75, 3.05) is 35.0 Å². The molecule has 2 N–H and O–H groups in total. The number of nitrogens with one attached hydrogen (secondary N) is 2. The lowest BCUT2D eigenvalue weighted by molar-refractivity contribution is -0.114. The fraction of sp³-hybridized carbons (Fsp3) is 0.143. The van der Waals surface area contributed by atoms with E-state index in [9.17, 15) is 26.0 Å². The van der Waals surface area contributed by atoms with Crippen LogP contribution in [-0.4, -0.2) is 52.7 Å². The second-order valence-corrected chi connectivity index (χ2v) is 10.9. The molecule has 0 bridgehead atoms. The normalized spacial score (nSPS) is 11.8. The van der Waals surface area contributed by atoms with E-state index in [1.165, 1.54) is 62.8 Å². The topological polar surface area (TPSA) is 129 Å². The minimum Gasteiger partial charge on any atom is -0.325 e. The molecule has 0 aliphatic carbocycles. The van der Waals surface area contributed by atoms with Crippen molar-refractivity contribution >= 4 is 43.3 Å². The number of hydrogen-bond acceptors (Lipinski definition) is 6. The number of amides is 1. The number of halogens is 1. The Kier molecular flexibility index (Phi) is 7.49. The van der Waals surface area contributed by atoms with E-state index in [1.54, 1.807) is 12.1 Å². The summed E-state index contributed by atoms with van der Waals surface area (Å²) in [5, 5.41) is 2.53. The van der Waals surface area contributed by atoms with Crippen molar-refractivity contribution in [1.29, 1.82) is 0 Å². The van der Waals surface area contributed by atoms with Crippen LogP contribution in [0.1, 0.15) is 0 Å². The third-order valence-electron chi connectivity index (χ3n) is 4.49. The van der Waals surface area contributed by atoms with Crippen molar-refractivity contribution < 1.29 is 26.0 Å². The lowest BCUT2D eigenvalue weighted by atomic mass is 10.3. The number of benzene rings is 2. The van der Waals surface area contributed by atoms with Crippen LogP contribution in [0.15, 0.2) is 77.8 Å². The zero-order valence-corrected chi connectivity index (χ0v) is 19.8. The lowest BCUT2D eigenvalue weighted by Crippen LogP contribution is -2.44. The first kappa shape index (κ1) is 25.1. The molecule has 0 saturated heterocycles. The average molecular weight is 508 g/mol. The van der Waals surface area contributed by atoms with Gasteiger partial charge in [-0.1, -0.05) is 6.07 Å². The van der Waals surface area contributed by atoms with E-state index >= 15 is 0 Å². The van der Waals surface area contributed by atoms with Crippen molar-refractivity contribution in [2.45, 2.75) is 4.90 Å². The van der Waals surface area contributed by atoms with Crippen LogP contribution < -0.4 is 14.3 Å². The van der Waals surface area contributed by atoms with E-state index in [1.807, 2.05) is 0 Å². The molecule has 0 radical (unpaired) electrons. The quantitative estimate of drug-likeness (QED) is 0.457. The van der Waals surface area contributed by atoms with Crippen molar-refractivity contribution in [2.24, 2.45) is 0 Å². The third kappa shape index (κ3) is 6.07. The molecule has 3 aromatic rings. The van der Waals surface area contributed by atoms with E-state index in [0.29, 0.717) is 0 Å². The molecule has 10 nitrogen and oxygen atoms in total. The summed E-state index contributed by atoms with van der Waals surface area (Å²) in [7, 11) is -5.34. The van der Waals surface area contributed by atoms with Gasteiger partial charge in [0.15, 0.2) is 0 Å². The molecule has 1 heterocycles. The Labute approximate surface area is 197 Å². The van der Waals surface area contributed by atoms with Gasteiger partial charge in [-0.25, -0.2) is 22.1 Å². The van der Waals surface area contributed by atoms with E-state index in [2.05, 4.69) is 15.0 Å². The van der Waals surface area contributed by atoms with Crippen LogP contribution in [0.2, 0.25) is 0 Å². The smallest absolute Gasteiger partial charge is 0.304 e. The standard InChI is InChI=1S/C21H22FN5O5S2/c1-26(2)34(31,32)27(18-10-6-16(22)7-11-18)15-21(28)24-17-8-12-19(13-9-17)33(29,30)25-20-5-3-4-14-23-20/h3-14H,15H2,1-2H3,(H,23,25)(H,24,28). The van der Waals surface area contributed by atoms with E-state index in [0.717, 1.165) is 20.7 Å². The maximum absolute atomic E-state index is 13.3. The lowest BCUT2D eigenvalue weighted by Gasteiger charge is -2.26. The van der Waals surface area contributed by atoms with Crippen molar-refractivity contribution in [1.82, 2.24) is 9.29 Å². The van der Waals surface area contributed by atoms with Gasteiger partial charge in [-0.15, -0.1) is 0 Å². The van der Waals surface area contributed by atoms with Gasteiger partial charge >= 0.3 is 10.2 Å². The zero-order valence-electron chi connectivity index (χ0n) is 18.2. The molecule has 0 fully saturated rings. The number of nitrogens with zero attached hydrogens (tertiary/aromatic N) is 3. The molecule has 180 valence electrons. The van der Waals surface area contributed by atoms with Gasteiger partial charge in [0.05, 0.1) is 10.6 Å². The molecule has 1 amide bonds. The largest absolute Gasteiger partial charge is 0.325 e. The van der Waals surface area contributed by atoms with Gasteiger partial charge in [-0.3, -0.25) is 9.52 Å². The number of hydrogen-bond donors (Lipinski definition) is 2. The molecular weight excluding hydrogens is 485 g/mol. The fourth-order valence-electron chi connectivity index (χ4n) is 2.78. The predicted octanol–water partition coefficient (Wildman–Crippen LogP) is 2.27. The predicted molar refractivity (Wildman–Crippen MR) is 126 cm³/mol. The van der Waals surface area contributed by atoms with Crippen molar-refractivity contribution in [3.63, 3.8) is 0 Å². The molecule has 3 rings (SSSR count). The summed E-state index contributed by atoms with van der Waals surface area (Å²) >= 11 is 0. The Morgan fingerprint density at radius 2 is 1.59 bits per heavy atom. The molecule has 0 spiro atoms. The summed E-state index contributed by atoms with van der Waals surface area (Å²) in [4.78, 5) is 16.5. The molecular formula is C21H22FN5O5S2. The average Bonchev–Trinajstić information content (AvgIpc) is 2.79. The second-order valence-electron chi connectivity index (χ2n) is 7.17. The van der Waals surface area contributed by atoms with Gasteiger partial charge in [0.2, 0.25) is 5.91 Å². The van der Waals surface area contributed by atoms with Gasteiger partial charge in [-0.2, -0.15) is 12.7 Å². The number of pyridine rings is 1. The summed E-state index contributed by atoms with van der Waals surface area (Å²) in [6.07, 6.45) is 1.45. The van der Waals surface area contributed by atoms with Crippen LogP contribution >= 0.6 is 0 Å². The highest BCUT2D eigenvalue weighted by molar-refractivity contribution is 7.92. The highest BCUT2D eigenvalue weighted by Gasteiger charge is 2.27. The maximum Gasteiger partial charge on any atom is 0.304 e. The first-order valence-corrected chi connectivity index (χ1v) is 12.7. The monoisotopic (exact) mass is 507 g/mol. The first-order valence-electron chi connectivity index (χ1n) is 9.78. The van der Waals surface area contributed by atoms with Crippen LogP contribution in [0.25, 0.3) is 0 Å². The van der Waals surface area contributed by atoms with Crippen LogP contribution in [0.3, 0.4) is 0 Å². The fourth-order valence-corrected chi connectivity index (χ4v) is 4.85. The summed E-state index contributed by atoms with van der Waals surface area (Å²) in [5.74, 6) is -1.08. The van der Waals surface area contributed by atoms with Gasteiger partial charge in [0.25, 0.3) is 10.0 Å². The molecule has 0 unspecified atom stereocenters. The van der Waals surface area contributed by atoms with Crippen molar-refractivity contribution in [3.05, 3.63) is 78.7 Å². The molecule has 1 aromatic heterocycles. The number of carbonyl (C=O) groups excluding carboxylic acids is 1. The first-order chi connectivity index (χ1) is 16.0. The van der Waals surface area contributed by atoms with E-state index < -0.39 is 38.5 Å². The van der Waals surface area contributed by atoms with Crippen molar-refractivity contribution in [3.8, 4) is 0 Å². The van der Waals surface area contributed by atoms with Crippen LogP contribution in [0.4, 0.5) is 21.6 Å². The van der Waals surface area contributed by atoms with Gasteiger partial charge < -0.3 is 5.32 Å². The Morgan fingerprint density at radius 3 is 2.15 bits per heavy atom. The number of anilines is 3. The second kappa shape index (κ2) is 10.2. The number of sulfonamides is 1. The molecule has 0 aliphatic rings. The minimum absolute atomic E-state index is 0.0562. The summed E-state index contributed by atoms with van der Waals surface area (Å²) in [5.41, 5.74) is 0.357. The summed E-state index contributed by atoms with van der Waals surface area (Å²) < 4.78 is 67.8. The van der Waals surface area contributed by atoms with Gasteiger partial charge in [-0.05, 0) is 60.7 Å². The van der Waals surface area contributed by atoms with Crippen LogP contribution in [0, 0.1) is 5.82 Å². The molecule has 34 heavy (non-hydrogen) atoms.